The second-order valence-electron chi connectivity index (χ2n) is 5.46. The number of carbonyl (C=O) groups is 2. The minimum atomic E-state index is -0.855. The second-order valence-corrected chi connectivity index (χ2v) is 5.46. The van der Waals surface area contributed by atoms with E-state index in [0.29, 0.717) is 17.9 Å². The van der Waals surface area contributed by atoms with E-state index < -0.39 is 5.97 Å². The largest absolute Gasteiger partial charge is 0.481 e. The van der Waals surface area contributed by atoms with Crippen molar-refractivity contribution in [2.24, 2.45) is 0 Å². The molecular formula is C15H21NO4. The van der Waals surface area contributed by atoms with Crippen LogP contribution in [0.3, 0.4) is 0 Å². The van der Waals surface area contributed by atoms with Crippen molar-refractivity contribution in [1.29, 1.82) is 0 Å². The predicted molar refractivity (Wildman–Crippen MR) is 73.8 cm³/mol. The Balaban J connectivity index is 2.27. The van der Waals surface area contributed by atoms with Crippen molar-refractivity contribution in [3.8, 4) is 0 Å². The monoisotopic (exact) mass is 279 g/mol. The summed E-state index contributed by atoms with van der Waals surface area (Å²) in [5, 5.41) is 8.99. The maximum atomic E-state index is 12.7. The lowest BCUT2D eigenvalue weighted by molar-refractivity contribution is -0.138. The van der Waals surface area contributed by atoms with E-state index >= 15 is 0 Å². The van der Waals surface area contributed by atoms with Crippen LogP contribution in [0.2, 0.25) is 0 Å². The molecule has 1 atom stereocenters. The number of likely N-dealkylation sites (tertiary alicyclic amines) is 1. The Bertz CT molecular complexity index is 532. The number of hydrogen-bond donors (Lipinski definition) is 1. The van der Waals surface area contributed by atoms with Crippen LogP contribution in [-0.4, -0.2) is 34.5 Å². The Kier molecular flexibility index (Phi) is 4.16. The first-order valence-corrected chi connectivity index (χ1v) is 7.01. The Labute approximate surface area is 118 Å². The van der Waals surface area contributed by atoms with Crippen molar-refractivity contribution in [2.75, 3.05) is 6.54 Å². The molecule has 1 amide bonds. The number of amides is 1. The van der Waals surface area contributed by atoms with Crippen LogP contribution in [0.25, 0.3) is 0 Å². The van der Waals surface area contributed by atoms with Gasteiger partial charge in [0, 0.05) is 18.2 Å². The smallest absolute Gasteiger partial charge is 0.305 e. The van der Waals surface area contributed by atoms with Crippen LogP contribution in [0.1, 0.15) is 53.1 Å². The zero-order valence-electron chi connectivity index (χ0n) is 12.2. The Morgan fingerprint density at radius 3 is 2.50 bits per heavy atom. The fourth-order valence-electron chi connectivity index (χ4n) is 2.93. The molecule has 5 nitrogen and oxygen atoms in total. The van der Waals surface area contributed by atoms with Crippen LogP contribution in [-0.2, 0) is 4.79 Å². The van der Waals surface area contributed by atoms with Crippen molar-refractivity contribution >= 4 is 11.9 Å². The van der Waals surface area contributed by atoms with E-state index in [4.69, 9.17) is 9.52 Å². The van der Waals surface area contributed by atoms with Gasteiger partial charge in [0.2, 0.25) is 0 Å². The fraction of sp³-hybridized carbons (Fsp3) is 0.600. The lowest BCUT2D eigenvalue weighted by Crippen LogP contribution is -2.45. The van der Waals surface area contributed by atoms with E-state index in [0.717, 1.165) is 30.6 Å². The fourth-order valence-corrected chi connectivity index (χ4v) is 2.93. The Hall–Kier alpha value is -1.78. The number of furan rings is 1. The van der Waals surface area contributed by atoms with Gasteiger partial charge in [-0.25, -0.2) is 0 Å². The molecular weight excluding hydrogens is 258 g/mol. The van der Waals surface area contributed by atoms with Crippen molar-refractivity contribution in [3.05, 3.63) is 22.6 Å². The lowest BCUT2D eigenvalue weighted by Gasteiger charge is -2.35. The first-order valence-electron chi connectivity index (χ1n) is 7.01. The van der Waals surface area contributed by atoms with Gasteiger partial charge in [-0.2, -0.15) is 0 Å². The van der Waals surface area contributed by atoms with Crippen LogP contribution < -0.4 is 0 Å². The summed E-state index contributed by atoms with van der Waals surface area (Å²) in [6.45, 7) is 6.11. The molecule has 1 saturated heterocycles. The summed E-state index contributed by atoms with van der Waals surface area (Å²) >= 11 is 0. The molecule has 1 aliphatic rings. The maximum absolute atomic E-state index is 12.7. The number of carbonyl (C=O) groups excluding carboxylic acids is 1. The zero-order chi connectivity index (χ0) is 14.9. The molecule has 5 heteroatoms. The molecule has 0 aromatic carbocycles. The van der Waals surface area contributed by atoms with E-state index in [1.54, 1.807) is 11.8 Å². The van der Waals surface area contributed by atoms with Gasteiger partial charge in [-0.3, -0.25) is 9.59 Å². The summed E-state index contributed by atoms with van der Waals surface area (Å²) < 4.78 is 5.51. The normalized spacial score (nSPS) is 19.1. The number of aryl methyl sites for hydroxylation is 2. The number of rotatable bonds is 3. The molecule has 1 aromatic heterocycles. The number of nitrogens with zero attached hydrogens (tertiary/aromatic N) is 1. The summed E-state index contributed by atoms with van der Waals surface area (Å²) in [7, 11) is 0. The molecule has 1 aromatic rings. The van der Waals surface area contributed by atoms with Gasteiger partial charge in [-0.1, -0.05) is 0 Å². The molecule has 2 heterocycles. The van der Waals surface area contributed by atoms with E-state index in [-0.39, 0.29) is 18.4 Å². The molecule has 0 saturated carbocycles. The molecule has 110 valence electrons. The Morgan fingerprint density at radius 2 is 1.95 bits per heavy atom. The highest BCUT2D eigenvalue weighted by Gasteiger charge is 2.31. The summed E-state index contributed by atoms with van der Waals surface area (Å²) in [6, 6.07) is -0.206. The second kappa shape index (κ2) is 5.69. The third kappa shape index (κ3) is 2.71. The molecule has 0 radical (unpaired) electrons. The topological polar surface area (TPSA) is 70.8 Å². The number of aliphatic carboxylic acids is 1. The lowest BCUT2D eigenvalue weighted by atomic mass is 9.97. The van der Waals surface area contributed by atoms with Crippen molar-refractivity contribution in [3.63, 3.8) is 0 Å². The van der Waals surface area contributed by atoms with Crippen LogP contribution >= 0.6 is 0 Å². The van der Waals surface area contributed by atoms with Gasteiger partial charge < -0.3 is 14.4 Å². The standard InChI is InChI=1S/C15H21NO4/c1-9-10(2)20-11(3)14(9)15(19)16-7-5-4-6-12(16)8-13(17)18/h12H,4-8H2,1-3H3,(H,17,18). The van der Waals surface area contributed by atoms with Crippen molar-refractivity contribution < 1.29 is 19.1 Å². The highest BCUT2D eigenvalue weighted by molar-refractivity contribution is 5.97. The Morgan fingerprint density at radius 1 is 1.25 bits per heavy atom. The van der Waals surface area contributed by atoms with Crippen molar-refractivity contribution in [1.82, 2.24) is 4.90 Å². The van der Waals surface area contributed by atoms with Gasteiger partial charge in [0.15, 0.2) is 0 Å². The quantitative estimate of drug-likeness (QED) is 0.923. The number of carboxylic acids is 1. The van der Waals surface area contributed by atoms with Crippen LogP contribution in [0, 0.1) is 20.8 Å². The molecule has 1 fully saturated rings. The minimum absolute atomic E-state index is 0.0146. The van der Waals surface area contributed by atoms with Gasteiger partial charge in [0.1, 0.15) is 11.5 Å². The highest BCUT2D eigenvalue weighted by Crippen LogP contribution is 2.27. The average molecular weight is 279 g/mol. The van der Waals surface area contributed by atoms with Gasteiger partial charge in [0.05, 0.1) is 12.0 Å². The van der Waals surface area contributed by atoms with E-state index in [9.17, 15) is 9.59 Å². The third-order valence-corrected chi connectivity index (χ3v) is 4.07. The van der Waals surface area contributed by atoms with Gasteiger partial charge in [0.25, 0.3) is 5.91 Å². The predicted octanol–water partition coefficient (Wildman–Crippen LogP) is 2.67. The van der Waals surface area contributed by atoms with Crippen LogP contribution in [0.4, 0.5) is 0 Å². The molecule has 1 unspecified atom stereocenters. The minimum Gasteiger partial charge on any atom is -0.481 e. The van der Waals surface area contributed by atoms with E-state index in [2.05, 4.69) is 0 Å². The van der Waals surface area contributed by atoms with E-state index in [1.807, 2.05) is 13.8 Å². The van der Waals surface area contributed by atoms with Crippen LogP contribution in [0.15, 0.2) is 4.42 Å². The van der Waals surface area contributed by atoms with Crippen LogP contribution in [0.5, 0.6) is 0 Å². The first kappa shape index (κ1) is 14.6. The molecule has 20 heavy (non-hydrogen) atoms. The summed E-state index contributed by atoms with van der Waals surface area (Å²) in [5.74, 6) is 0.414. The molecule has 0 spiro atoms. The zero-order valence-corrected chi connectivity index (χ0v) is 12.2. The third-order valence-electron chi connectivity index (χ3n) is 4.07. The number of hydrogen-bond acceptors (Lipinski definition) is 3. The number of piperidine rings is 1. The molecule has 2 rings (SSSR count). The highest BCUT2D eigenvalue weighted by atomic mass is 16.4. The van der Waals surface area contributed by atoms with Gasteiger partial charge >= 0.3 is 5.97 Å². The molecule has 1 N–H and O–H groups in total. The SMILES string of the molecule is Cc1oc(C)c(C(=O)N2CCCCC2CC(=O)O)c1C. The van der Waals surface area contributed by atoms with Gasteiger partial charge in [-0.05, 0) is 40.0 Å². The summed E-state index contributed by atoms with van der Waals surface area (Å²) in [4.78, 5) is 25.4. The number of carboxylic acid groups (broad SMARTS) is 1. The first-order chi connectivity index (χ1) is 9.41. The molecule has 1 aliphatic heterocycles. The molecule has 0 bridgehead atoms. The average Bonchev–Trinajstić information content (AvgIpc) is 2.62. The summed E-state index contributed by atoms with van der Waals surface area (Å²) in [5.41, 5.74) is 1.45. The van der Waals surface area contributed by atoms with E-state index in [1.165, 1.54) is 0 Å². The summed E-state index contributed by atoms with van der Waals surface area (Å²) in [6.07, 6.45) is 2.68. The maximum Gasteiger partial charge on any atom is 0.305 e. The molecule has 0 aliphatic carbocycles. The van der Waals surface area contributed by atoms with Gasteiger partial charge in [-0.15, -0.1) is 0 Å². The van der Waals surface area contributed by atoms with Crippen molar-refractivity contribution in [2.45, 2.75) is 52.5 Å².